The minimum Gasteiger partial charge on any atom is -0.352 e. The minimum absolute atomic E-state index is 0.202. The third kappa shape index (κ3) is 4.45. The third-order valence-electron chi connectivity index (χ3n) is 6.54. The standard InChI is InChI=1S/C25H25F3N6O2/c1-14-6-19(16-7-17(10-29-9-16)22(35)30-8-15-4-5-15)32-21-20(14)23(36)34(24(21,2)3)18-11-31-33(12-18)13-25(26,27)28/h6-7,9-12,15H,4-5,8,13H2,1-3H3,(H,30,35). The molecule has 3 aromatic rings. The Hall–Kier alpha value is -3.76. The minimum atomic E-state index is -4.43. The third-order valence-corrected chi connectivity index (χ3v) is 6.54. The van der Waals surface area contributed by atoms with Crippen LogP contribution in [0, 0.1) is 12.8 Å². The van der Waals surface area contributed by atoms with Crippen LogP contribution in [0.4, 0.5) is 18.9 Å². The highest BCUT2D eigenvalue weighted by molar-refractivity contribution is 6.12. The molecule has 0 saturated heterocycles. The summed E-state index contributed by atoms with van der Waals surface area (Å²) in [5.41, 5.74) is 2.46. The highest BCUT2D eigenvalue weighted by Crippen LogP contribution is 2.43. The fourth-order valence-electron chi connectivity index (χ4n) is 4.55. The Bertz CT molecular complexity index is 1360. The fraction of sp³-hybridized carbons (Fsp3) is 0.400. The summed E-state index contributed by atoms with van der Waals surface area (Å²) < 4.78 is 39.2. The highest BCUT2D eigenvalue weighted by atomic mass is 19.4. The maximum absolute atomic E-state index is 13.4. The number of halogens is 3. The van der Waals surface area contributed by atoms with E-state index in [4.69, 9.17) is 4.98 Å². The van der Waals surface area contributed by atoms with E-state index in [0.29, 0.717) is 46.1 Å². The molecule has 5 rings (SSSR count). The summed E-state index contributed by atoms with van der Waals surface area (Å²) in [7, 11) is 0. The molecule has 0 bridgehead atoms. The van der Waals surface area contributed by atoms with Crippen LogP contribution < -0.4 is 10.2 Å². The van der Waals surface area contributed by atoms with E-state index >= 15 is 0 Å². The number of nitrogens with one attached hydrogen (secondary N) is 1. The van der Waals surface area contributed by atoms with Gasteiger partial charge in [-0.1, -0.05) is 0 Å². The monoisotopic (exact) mass is 498 g/mol. The molecule has 4 heterocycles. The molecule has 0 aromatic carbocycles. The smallest absolute Gasteiger partial charge is 0.352 e. The van der Waals surface area contributed by atoms with Crippen LogP contribution in [0.25, 0.3) is 11.3 Å². The van der Waals surface area contributed by atoms with Crippen molar-refractivity contribution in [2.75, 3.05) is 11.4 Å². The Kier molecular flexibility index (Phi) is 5.60. The molecular weight excluding hydrogens is 473 g/mol. The Balaban J connectivity index is 1.47. The van der Waals surface area contributed by atoms with Gasteiger partial charge in [0.05, 0.1) is 39.9 Å². The molecule has 1 aliphatic heterocycles. The summed E-state index contributed by atoms with van der Waals surface area (Å²) in [6.45, 7) is 4.75. The van der Waals surface area contributed by atoms with Crippen LogP contribution in [0.1, 0.15) is 58.7 Å². The number of carbonyl (C=O) groups excluding carboxylic acids is 2. The van der Waals surface area contributed by atoms with Crippen molar-refractivity contribution in [3.63, 3.8) is 0 Å². The Morgan fingerprint density at radius 2 is 1.94 bits per heavy atom. The van der Waals surface area contributed by atoms with E-state index in [1.807, 2.05) is 0 Å². The highest BCUT2D eigenvalue weighted by Gasteiger charge is 2.47. The molecule has 1 fully saturated rings. The van der Waals surface area contributed by atoms with Gasteiger partial charge in [-0.3, -0.25) is 24.2 Å². The van der Waals surface area contributed by atoms with E-state index in [1.54, 1.807) is 39.1 Å². The van der Waals surface area contributed by atoms with Gasteiger partial charge in [-0.25, -0.2) is 4.98 Å². The first-order chi connectivity index (χ1) is 16.9. The van der Waals surface area contributed by atoms with E-state index in [-0.39, 0.29) is 17.5 Å². The number of nitrogens with zero attached hydrogens (tertiary/aromatic N) is 5. The normalized spacial score (nSPS) is 16.8. The van der Waals surface area contributed by atoms with Gasteiger partial charge in [0.15, 0.2) is 0 Å². The number of hydrogen-bond acceptors (Lipinski definition) is 5. The lowest BCUT2D eigenvalue weighted by atomic mass is 9.96. The second-order valence-electron chi connectivity index (χ2n) is 9.87. The lowest BCUT2D eigenvalue weighted by molar-refractivity contribution is -0.142. The lowest BCUT2D eigenvalue weighted by Crippen LogP contribution is -2.39. The number of aromatic nitrogens is 4. The molecule has 1 N–H and O–H groups in total. The Morgan fingerprint density at radius 1 is 1.19 bits per heavy atom. The molecule has 8 nitrogen and oxygen atoms in total. The molecule has 36 heavy (non-hydrogen) atoms. The number of alkyl halides is 3. The number of anilines is 1. The van der Waals surface area contributed by atoms with E-state index < -0.39 is 18.3 Å². The van der Waals surface area contributed by atoms with Gasteiger partial charge >= 0.3 is 6.18 Å². The SMILES string of the molecule is Cc1cc(-c2cncc(C(=O)NCC3CC3)c2)nc2c1C(=O)N(c1cnn(CC(F)(F)F)c1)C2(C)C. The topological polar surface area (TPSA) is 93.0 Å². The molecule has 2 aliphatic rings. The van der Waals surface area contributed by atoms with Crippen molar-refractivity contribution in [2.45, 2.75) is 51.9 Å². The molecule has 1 aliphatic carbocycles. The number of rotatable bonds is 6. The van der Waals surface area contributed by atoms with Crippen LogP contribution in [-0.4, -0.2) is 44.3 Å². The summed E-state index contributed by atoms with van der Waals surface area (Å²) in [6, 6.07) is 3.47. The molecule has 0 radical (unpaired) electrons. The molecule has 0 atom stereocenters. The van der Waals surface area contributed by atoms with Crippen molar-refractivity contribution in [1.29, 1.82) is 0 Å². The Labute approximate surface area is 205 Å². The van der Waals surface area contributed by atoms with Crippen molar-refractivity contribution in [3.05, 3.63) is 59.3 Å². The van der Waals surface area contributed by atoms with E-state index in [0.717, 1.165) is 17.5 Å². The largest absolute Gasteiger partial charge is 0.408 e. The molecule has 2 amide bonds. The maximum Gasteiger partial charge on any atom is 0.408 e. The van der Waals surface area contributed by atoms with Crippen LogP contribution in [-0.2, 0) is 12.1 Å². The Morgan fingerprint density at radius 3 is 2.64 bits per heavy atom. The van der Waals surface area contributed by atoms with Crippen LogP contribution >= 0.6 is 0 Å². The van der Waals surface area contributed by atoms with Crippen LogP contribution in [0.5, 0.6) is 0 Å². The first-order valence-electron chi connectivity index (χ1n) is 11.6. The summed E-state index contributed by atoms with van der Waals surface area (Å²) in [6.07, 6.45) is 3.40. The molecular formula is C25H25F3N6O2. The number of amides is 2. The van der Waals surface area contributed by atoms with E-state index in [9.17, 15) is 22.8 Å². The lowest BCUT2D eigenvalue weighted by Gasteiger charge is -2.30. The number of fused-ring (bicyclic) bond motifs is 1. The maximum atomic E-state index is 13.4. The number of carbonyl (C=O) groups is 2. The summed E-state index contributed by atoms with van der Waals surface area (Å²) in [5.74, 6) is -0.00877. The van der Waals surface area contributed by atoms with Crippen molar-refractivity contribution < 1.29 is 22.8 Å². The molecule has 3 aromatic heterocycles. The number of pyridine rings is 2. The average Bonchev–Trinajstić information content (AvgIpc) is 3.49. The van der Waals surface area contributed by atoms with Gasteiger partial charge in [0.25, 0.3) is 11.8 Å². The van der Waals surface area contributed by atoms with E-state index in [1.165, 1.54) is 23.5 Å². The second kappa shape index (κ2) is 8.42. The van der Waals surface area contributed by atoms with Gasteiger partial charge in [-0.05, 0) is 57.2 Å². The molecule has 188 valence electrons. The van der Waals surface area contributed by atoms with Gasteiger partial charge in [-0.15, -0.1) is 0 Å². The van der Waals surface area contributed by atoms with Gasteiger partial charge in [0, 0.05) is 30.7 Å². The van der Waals surface area contributed by atoms with Crippen LogP contribution in [0.15, 0.2) is 36.9 Å². The van der Waals surface area contributed by atoms with Crippen molar-refractivity contribution in [2.24, 2.45) is 5.92 Å². The van der Waals surface area contributed by atoms with Gasteiger partial charge < -0.3 is 5.32 Å². The van der Waals surface area contributed by atoms with E-state index in [2.05, 4.69) is 15.4 Å². The molecule has 0 spiro atoms. The van der Waals surface area contributed by atoms with Crippen LogP contribution in [0.2, 0.25) is 0 Å². The summed E-state index contributed by atoms with van der Waals surface area (Å²) >= 11 is 0. The average molecular weight is 499 g/mol. The van der Waals surface area contributed by atoms with Crippen molar-refractivity contribution >= 4 is 17.5 Å². The first-order valence-corrected chi connectivity index (χ1v) is 11.6. The summed E-state index contributed by atoms with van der Waals surface area (Å²) in [4.78, 5) is 36.4. The van der Waals surface area contributed by atoms with Gasteiger partial charge in [-0.2, -0.15) is 18.3 Å². The predicted octanol–water partition coefficient (Wildman–Crippen LogP) is 4.25. The zero-order chi connectivity index (χ0) is 25.8. The van der Waals surface area contributed by atoms with Crippen LogP contribution in [0.3, 0.4) is 0 Å². The predicted molar refractivity (Wildman–Crippen MR) is 125 cm³/mol. The molecule has 1 saturated carbocycles. The number of hydrogen-bond donors (Lipinski definition) is 1. The van der Waals surface area contributed by atoms with Gasteiger partial charge in [0.1, 0.15) is 6.54 Å². The number of aryl methyl sites for hydroxylation is 1. The van der Waals surface area contributed by atoms with Gasteiger partial charge in [0.2, 0.25) is 0 Å². The summed E-state index contributed by atoms with van der Waals surface area (Å²) in [5, 5.41) is 6.71. The van der Waals surface area contributed by atoms with Crippen molar-refractivity contribution in [3.8, 4) is 11.3 Å². The molecule has 0 unspecified atom stereocenters. The zero-order valence-corrected chi connectivity index (χ0v) is 20.1. The van der Waals surface area contributed by atoms with Crippen molar-refractivity contribution in [1.82, 2.24) is 25.1 Å². The quantitative estimate of drug-likeness (QED) is 0.549. The first kappa shape index (κ1) is 24.0. The fourth-order valence-corrected chi connectivity index (χ4v) is 4.55. The zero-order valence-electron chi connectivity index (χ0n) is 20.1. The molecule has 11 heteroatoms. The second-order valence-corrected chi connectivity index (χ2v) is 9.87.